The lowest BCUT2D eigenvalue weighted by Gasteiger charge is -2.21. The molecule has 1 atom stereocenters. The van der Waals surface area contributed by atoms with E-state index in [0.717, 1.165) is 0 Å². The SMILES string of the molecule is CCOP(=O)(CO[C@H](CO)Cn1cc(C(N)=O)c2c(N)nc(C)nc21)OCC. The lowest BCUT2D eigenvalue weighted by Crippen LogP contribution is -2.25. The molecule has 0 spiro atoms. The molecule has 2 heterocycles. The maximum atomic E-state index is 12.5. The quantitative estimate of drug-likeness (QED) is 0.454. The summed E-state index contributed by atoms with van der Waals surface area (Å²) in [6.07, 6.45) is 0.397. The van der Waals surface area contributed by atoms with Crippen molar-refractivity contribution >= 4 is 30.4 Å². The Morgan fingerprint density at radius 1 is 1.32 bits per heavy atom. The van der Waals surface area contributed by atoms with Crippen LogP contribution in [0, 0.1) is 6.92 Å². The first-order chi connectivity index (χ1) is 13.2. The Kier molecular flexibility index (Phi) is 7.50. The second-order valence-corrected chi connectivity index (χ2v) is 7.96. The maximum Gasteiger partial charge on any atom is 0.356 e. The topological polar surface area (TPSA) is 165 Å². The number of nitrogens with zero attached hydrogens (tertiary/aromatic N) is 3. The summed E-state index contributed by atoms with van der Waals surface area (Å²) in [4.78, 5) is 20.1. The van der Waals surface area contributed by atoms with Gasteiger partial charge in [0.1, 0.15) is 23.6 Å². The number of nitrogens with two attached hydrogens (primary N) is 2. The van der Waals surface area contributed by atoms with E-state index in [0.29, 0.717) is 16.9 Å². The molecule has 0 saturated heterocycles. The number of aromatic nitrogens is 3. The number of hydrogen-bond acceptors (Lipinski definition) is 9. The van der Waals surface area contributed by atoms with Gasteiger partial charge in [-0.05, 0) is 20.8 Å². The zero-order chi connectivity index (χ0) is 20.9. The molecule has 0 fully saturated rings. The van der Waals surface area contributed by atoms with Gasteiger partial charge < -0.3 is 34.9 Å². The van der Waals surface area contributed by atoms with Crippen LogP contribution in [0.3, 0.4) is 0 Å². The fraction of sp³-hybridized carbons (Fsp3) is 0.562. The van der Waals surface area contributed by atoms with Crippen LogP contribution in [0.1, 0.15) is 30.0 Å². The molecule has 11 nitrogen and oxygen atoms in total. The number of hydrogen-bond donors (Lipinski definition) is 3. The first-order valence-electron chi connectivity index (χ1n) is 8.78. The van der Waals surface area contributed by atoms with E-state index in [-0.39, 0.29) is 44.1 Å². The van der Waals surface area contributed by atoms with Crippen LogP contribution in [-0.4, -0.2) is 57.8 Å². The molecule has 0 aliphatic heterocycles. The number of carbonyl (C=O) groups is 1. The Balaban J connectivity index is 2.28. The maximum absolute atomic E-state index is 12.5. The fourth-order valence-electron chi connectivity index (χ4n) is 2.74. The van der Waals surface area contributed by atoms with E-state index < -0.39 is 19.6 Å². The van der Waals surface area contributed by atoms with Crippen molar-refractivity contribution in [2.75, 3.05) is 31.9 Å². The van der Waals surface area contributed by atoms with Gasteiger partial charge in [0.2, 0.25) is 0 Å². The molecule has 2 aromatic rings. The third-order valence-corrected chi connectivity index (χ3v) is 5.61. The van der Waals surface area contributed by atoms with E-state index in [1.807, 2.05) is 0 Å². The lowest BCUT2D eigenvalue weighted by molar-refractivity contribution is 0.0161. The number of primary amides is 1. The molecule has 28 heavy (non-hydrogen) atoms. The summed E-state index contributed by atoms with van der Waals surface area (Å²) in [5, 5.41) is 10.0. The summed E-state index contributed by atoms with van der Waals surface area (Å²) in [5.41, 5.74) is 11.9. The number of aryl methyl sites for hydroxylation is 1. The van der Waals surface area contributed by atoms with Gasteiger partial charge in [0.05, 0.1) is 43.4 Å². The van der Waals surface area contributed by atoms with Crippen LogP contribution in [0.5, 0.6) is 0 Å². The Morgan fingerprint density at radius 2 is 1.96 bits per heavy atom. The number of ether oxygens (including phenoxy) is 1. The Morgan fingerprint density at radius 3 is 2.50 bits per heavy atom. The summed E-state index contributed by atoms with van der Waals surface area (Å²) in [5.74, 6) is -0.130. The van der Waals surface area contributed by atoms with Crippen molar-refractivity contribution in [1.82, 2.24) is 14.5 Å². The highest BCUT2D eigenvalue weighted by Gasteiger charge is 2.27. The number of rotatable bonds is 11. The summed E-state index contributed by atoms with van der Waals surface area (Å²) in [7, 11) is -3.43. The van der Waals surface area contributed by atoms with Crippen LogP contribution in [0.25, 0.3) is 11.0 Å². The molecule has 0 aliphatic rings. The summed E-state index contributed by atoms with van der Waals surface area (Å²) in [6, 6.07) is 0. The average molecular weight is 415 g/mol. The van der Waals surface area contributed by atoms with E-state index in [2.05, 4.69) is 9.97 Å². The van der Waals surface area contributed by atoms with Crippen molar-refractivity contribution < 1.29 is 28.3 Å². The van der Waals surface area contributed by atoms with Crippen molar-refractivity contribution in [3.05, 3.63) is 17.6 Å². The van der Waals surface area contributed by atoms with Crippen molar-refractivity contribution in [2.24, 2.45) is 5.73 Å². The minimum absolute atomic E-state index is 0.106. The minimum atomic E-state index is -3.43. The molecule has 0 radical (unpaired) electrons. The van der Waals surface area contributed by atoms with Gasteiger partial charge in [0.15, 0.2) is 0 Å². The molecule has 2 aromatic heterocycles. The van der Waals surface area contributed by atoms with Crippen LogP contribution >= 0.6 is 7.60 Å². The minimum Gasteiger partial charge on any atom is -0.394 e. The molecule has 12 heteroatoms. The van der Waals surface area contributed by atoms with Gasteiger partial charge in [-0.15, -0.1) is 0 Å². The molecule has 0 saturated carbocycles. The third kappa shape index (κ3) is 5.06. The second-order valence-electron chi connectivity index (χ2n) is 5.96. The van der Waals surface area contributed by atoms with Crippen LogP contribution in [-0.2, 0) is 24.9 Å². The molecule has 0 aromatic carbocycles. The predicted molar refractivity (Wildman–Crippen MR) is 103 cm³/mol. The number of nitrogen functional groups attached to an aromatic ring is 1. The monoisotopic (exact) mass is 415 g/mol. The fourth-order valence-corrected chi connectivity index (χ4v) is 4.14. The van der Waals surface area contributed by atoms with Gasteiger partial charge in [-0.3, -0.25) is 9.36 Å². The van der Waals surface area contributed by atoms with Crippen LogP contribution in [0.2, 0.25) is 0 Å². The highest BCUT2D eigenvalue weighted by atomic mass is 31.2. The Labute approximate surface area is 162 Å². The molecule has 1 amide bonds. The largest absolute Gasteiger partial charge is 0.394 e. The van der Waals surface area contributed by atoms with Gasteiger partial charge >= 0.3 is 7.60 Å². The highest BCUT2D eigenvalue weighted by Crippen LogP contribution is 2.48. The standard InChI is InChI=1S/C16H26N5O6P/c1-4-26-28(24,27-5-2)9-25-11(8-22)6-21-7-12(15(18)23)13-14(17)19-10(3)20-16(13)21/h7,11,22H,4-6,8-9H2,1-3H3,(H2,18,23)(H2,17,19,20)/t11-/m0/s1. The van der Waals surface area contributed by atoms with E-state index in [9.17, 15) is 14.5 Å². The normalized spacial score (nSPS) is 13.1. The number of fused-ring (bicyclic) bond motifs is 1. The first kappa shape index (κ1) is 22.3. The Bertz CT molecular complexity index is 876. The third-order valence-electron chi connectivity index (χ3n) is 3.85. The van der Waals surface area contributed by atoms with Gasteiger partial charge in [0.25, 0.3) is 5.91 Å². The number of aliphatic hydroxyl groups is 1. The number of anilines is 1. The number of aliphatic hydroxyl groups excluding tert-OH is 1. The molecule has 156 valence electrons. The van der Waals surface area contributed by atoms with Crippen molar-refractivity contribution in [2.45, 2.75) is 33.4 Å². The Hall–Kier alpha value is -2.04. The molecule has 0 unspecified atom stereocenters. The second kappa shape index (κ2) is 9.44. The van der Waals surface area contributed by atoms with Crippen LogP contribution in [0.4, 0.5) is 5.82 Å². The molecule has 2 rings (SSSR count). The zero-order valence-corrected chi connectivity index (χ0v) is 17.0. The van der Waals surface area contributed by atoms with Gasteiger partial charge in [-0.1, -0.05) is 0 Å². The van der Waals surface area contributed by atoms with E-state index in [1.54, 1.807) is 25.3 Å². The number of amides is 1. The predicted octanol–water partition coefficient (Wildman–Crippen LogP) is 1.02. The first-order valence-corrected chi connectivity index (χ1v) is 10.5. The van der Waals surface area contributed by atoms with Crippen LogP contribution < -0.4 is 11.5 Å². The average Bonchev–Trinajstić information content (AvgIpc) is 2.98. The van der Waals surface area contributed by atoms with E-state index in [4.69, 9.17) is 25.3 Å². The van der Waals surface area contributed by atoms with Gasteiger partial charge in [-0.25, -0.2) is 9.97 Å². The van der Waals surface area contributed by atoms with E-state index >= 15 is 0 Å². The summed E-state index contributed by atoms with van der Waals surface area (Å²) in [6.45, 7) is 5.18. The van der Waals surface area contributed by atoms with Crippen molar-refractivity contribution in [1.29, 1.82) is 0 Å². The summed E-state index contributed by atoms with van der Waals surface area (Å²) < 4.78 is 30.0. The lowest BCUT2D eigenvalue weighted by atomic mass is 10.2. The number of carbonyl (C=O) groups excluding carboxylic acids is 1. The van der Waals surface area contributed by atoms with E-state index in [1.165, 1.54) is 6.20 Å². The van der Waals surface area contributed by atoms with Crippen molar-refractivity contribution in [3.8, 4) is 0 Å². The van der Waals surface area contributed by atoms with Gasteiger partial charge in [0, 0.05) is 6.20 Å². The zero-order valence-electron chi connectivity index (χ0n) is 16.1. The van der Waals surface area contributed by atoms with Gasteiger partial charge in [-0.2, -0.15) is 0 Å². The summed E-state index contributed by atoms with van der Waals surface area (Å²) >= 11 is 0. The highest BCUT2D eigenvalue weighted by molar-refractivity contribution is 7.53. The van der Waals surface area contributed by atoms with Crippen molar-refractivity contribution in [3.63, 3.8) is 0 Å². The molecule has 5 N–H and O–H groups in total. The van der Waals surface area contributed by atoms with Crippen LogP contribution in [0.15, 0.2) is 6.20 Å². The molecule has 0 bridgehead atoms. The smallest absolute Gasteiger partial charge is 0.356 e. The molecular weight excluding hydrogens is 389 g/mol. The molecular formula is C16H26N5O6P. The molecule has 0 aliphatic carbocycles.